The van der Waals surface area contributed by atoms with Gasteiger partial charge in [0.2, 0.25) is 0 Å². The lowest BCUT2D eigenvalue weighted by molar-refractivity contribution is 0.0640. The van der Waals surface area contributed by atoms with Gasteiger partial charge in [-0.15, -0.1) is 0 Å². The molecule has 7 heterocycles. The minimum absolute atomic E-state index is 0. The standard InChI is InChI=1S/C27H30N6O2.C23H24N6O2.C21H19N5O2.6H2/c28-25-24(26(34)30-21-6-2-1-3-7-21)31-23(18-29-25)19-8-10-20(11-9-19)27(35)33-16-12-22(13-17-33)32-14-4-5-15-32;1-28-11-13-29(14-12-28)23(31)17-9-7-16(8-10-17)19-15-25-21(24)20(27-19)22(30)26-18-5-3-2-4-6-18;22-19-18(20(27)24-16-5-2-1-3-6-16)25-17(13-23-19)14-7-9-15(10-8-14)21(28)26-11-4-12-26;;;;;;/h1-3,6-11,18,22H,4-5,12-17H2,(H2,28,29)(H,30,34);2-10,15H,11-14H2,1H3,(H2,24,25)(H,26,30);1-3,5-10,13H,4,11-12H2,(H2,22,23)(H,24,27);6*1H. The first-order chi connectivity index (χ1) is 45.7. The Morgan fingerprint density at radius 2 is 0.691 bits per heavy atom. The van der Waals surface area contributed by atoms with Crippen LogP contribution in [0.3, 0.4) is 0 Å². The summed E-state index contributed by atoms with van der Waals surface area (Å²) in [6, 6.07) is 49.4. The van der Waals surface area contributed by atoms with Crippen molar-refractivity contribution in [2.45, 2.75) is 38.1 Å². The molecule has 23 nitrogen and oxygen atoms in total. The minimum atomic E-state index is -0.431. The van der Waals surface area contributed by atoms with Crippen LogP contribution >= 0.6 is 0 Å². The summed E-state index contributed by atoms with van der Waals surface area (Å²) < 4.78 is 0. The van der Waals surface area contributed by atoms with Gasteiger partial charge in [-0.25, -0.2) is 29.9 Å². The number of piperazine rings is 1. The van der Waals surface area contributed by atoms with Gasteiger partial charge in [-0.05, 0) is 125 Å². The Labute approximate surface area is 553 Å². The second-order valence-corrected chi connectivity index (χ2v) is 23.2. The molecule has 0 aliphatic carbocycles. The smallest absolute Gasteiger partial charge is 0.278 e. The molecule has 4 aliphatic rings. The number of nitrogens with one attached hydrogen (secondary N) is 3. The zero-order chi connectivity index (χ0) is 65.5. The average molecular weight is 1270 g/mol. The number of benzene rings is 6. The van der Waals surface area contributed by atoms with Crippen LogP contribution in [0.25, 0.3) is 33.8 Å². The Morgan fingerprint density at radius 3 is 1.00 bits per heavy atom. The van der Waals surface area contributed by atoms with E-state index in [2.05, 4.69) is 62.7 Å². The van der Waals surface area contributed by atoms with Crippen molar-refractivity contribution in [1.29, 1.82) is 0 Å². The van der Waals surface area contributed by atoms with Gasteiger partial charge in [-0.3, -0.25) is 28.8 Å². The zero-order valence-corrected chi connectivity index (χ0v) is 52.1. The van der Waals surface area contributed by atoms with E-state index in [4.69, 9.17) is 17.2 Å². The fourth-order valence-corrected chi connectivity index (χ4v) is 11.2. The first kappa shape index (κ1) is 64.2. The molecule has 3 aromatic heterocycles. The van der Waals surface area contributed by atoms with Crippen LogP contribution in [-0.4, -0.2) is 168 Å². The number of anilines is 6. The highest BCUT2D eigenvalue weighted by Gasteiger charge is 2.30. The Balaban J connectivity index is 0.000000264. The largest absolute Gasteiger partial charge is 0.382 e. The van der Waals surface area contributed by atoms with E-state index in [0.717, 1.165) is 88.3 Å². The normalized spacial score (nSPS) is 14.8. The number of carbonyl (C=O) groups is 6. The summed E-state index contributed by atoms with van der Waals surface area (Å²) in [6.07, 6.45) is 10.3. The quantitative estimate of drug-likeness (QED) is 0.0625. The molecular weight excluding hydrogens is 1190 g/mol. The maximum absolute atomic E-state index is 13.1. The second kappa shape index (κ2) is 30.2. The van der Waals surface area contributed by atoms with Crippen LogP contribution in [0.5, 0.6) is 0 Å². The number of hydrogen-bond donors (Lipinski definition) is 6. The number of hydrogen-bond acceptors (Lipinski definition) is 17. The topological polar surface area (TPSA) is 310 Å². The molecule has 6 aromatic carbocycles. The summed E-state index contributed by atoms with van der Waals surface area (Å²) in [6.45, 7) is 8.80. The first-order valence-corrected chi connectivity index (χ1v) is 31.3. The maximum Gasteiger partial charge on any atom is 0.278 e. The van der Waals surface area contributed by atoms with Gasteiger partial charge in [-0.2, -0.15) is 0 Å². The number of aromatic nitrogens is 6. The Kier molecular flexibility index (Phi) is 20.6. The van der Waals surface area contributed by atoms with Gasteiger partial charge in [0.1, 0.15) is 0 Å². The number of piperidine rings is 1. The number of nitrogens with zero attached hydrogens (tertiary/aromatic N) is 11. The molecule has 490 valence electrons. The average Bonchev–Trinajstić information content (AvgIpc) is 0.925. The molecule has 0 saturated carbocycles. The molecule has 0 bridgehead atoms. The van der Waals surface area contributed by atoms with Crippen molar-refractivity contribution >= 4 is 70.0 Å². The molecule has 0 spiro atoms. The lowest BCUT2D eigenvalue weighted by Gasteiger charge is -2.36. The predicted octanol–water partition coefficient (Wildman–Crippen LogP) is 10.3. The minimum Gasteiger partial charge on any atom is -0.382 e. The van der Waals surface area contributed by atoms with E-state index in [1.807, 2.05) is 106 Å². The van der Waals surface area contributed by atoms with E-state index >= 15 is 0 Å². The van der Waals surface area contributed by atoms with E-state index in [-0.39, 0.29) is 60.8 Å². The number of carbonyl (C=O) groups excluding carboxylic acids is 6. The van der Waals surface area contributed by atoms with E-state index in [0.29, 0.717) is 56.9 Å². The summed E-state index contributed by atoms with van der Waals surface area (Å²) in [7, 11) is 2.05. The highest BCUT2D eigenvalue weighted by atomic mass is 16.2. The summed E-state index contributed by atoms with van der Waals surface area (Å²) in [5.41, 5.74) is 25.5. The summed E-state index contributed by atoms with van der Waals surface area (Å²) in [5.74, 6) is -1.00. The number of likely N-dealkylation sites (N-methyl/N-ethyl adjacent to an activating group) is 1. The van der Waals surface area contributed by atoms with Gasteiger partial charge >= 0.3 is 0 Å². The van der Waals surface area contributed by atoms with Crippen LogP contribution in [0.1, 0.15) is 103 Å². The van der Waals surface area contributed by atoms with Gasteiger partial charge < -0.3 is 57.7 Å². The van der Waals surface area contributed by atoms with Gasteiger partial charge in [0.25, 0.3) is 35.4 Å². The second-order valence-electron chi connectivity index (χ2n) is 23.2. The fraction of sp³-hybridized carbons (Fsp3) is 0.239. The molecule has 9 N–H and O–H groups in total. The number of nitrogens with two attached hydrogens (primary N) is 3. The number of likely N-dealkylation sites (tertiary alicyclic amines) is 3. The molecule has 13 rings (SSSR count). The highest BCUT2D eigenvalue weighted by Crippen LogP contribution is 2.27. The molecule has 94 heavy (non-hydrogen) atoms. The number of para-hydroxylation sites is 3. The first-order valence-electron chi connectivity index (χ1n) is 31.3. The fourth-order valence-electron chi connectivity index (χ4n) is 11.2. The predicted molar refractivity (Wildman–Crippen MR) is 375 cm³/mol. The maximum atomic E-state index is 13.1. The van der Waals surface area contributed by atoms with Gasteiger partial charge in [0.05, 0.1) is 35.7 Å². The SMILES string of the molecule is CN1CCN(C(=O)c2ccc(-c3cnc(N)c(C(=O)Nc4ccccc4)n3)cc2)CC1.Nc1ncc(-c2ccc(C(=O)N3CCC(N4CCCC4)CC3)cc2)nc1C(=O)Nc1ccccc1.Nc1ncc(-c2ccc(C(=O)N3CCC3)cc2)nc1C(=O)Nc1ccccc1.[HH].[HH].[HH].[HH].[HH].[HH]. The number of nitrogen functional groups attached to an aromatic ring is 3. The third kappa shape index (κ3) is 16.1. The summed E-state index contributed by atoms with van der Waals surface area (Å²) >= 11 is 0. The van der Waals surface area contributed by atoms with E-state index in [9.17, 15) is 28.8 Å². The highest BCUT2D eigenvalue weighted by molar-refractivity contribution is 6.08. The van der Waals surface area contributed by atoms with Gasteiger partial charge in [0.15, 0.2) is 34.5 Å². The van der Waals surface area contributed by atoms with Crippen molar-refractivity contribution in [3.05, 3.63) is 216 Å². The molecule has 0 unspecified atom stereocenters. The molecular formula is C71H85N17O6. The molecule has 0 atom stereocenters. The van der Waals surface area contributed by atoms with Crippen molar-refractivity contribution in [1.82, 2.24) is 54.4 Å². The van der Waals surface area contributed by atoms with Gasteiger partial charge in [0, 0.05) is 117 Å². The molecule has 0 radical (unpaired) electrons. The van der Waals surface area contributed by atoms with Crippen molar-refractivity contribution in [3.63, 3.8) is 0 Å². The Bertz CT molecular complexity index is 4160. The third-order valence-corrected chi connectivity index (χ3v) is 16.8. The van der Waals surface area contributed by atoms with E-state index in [1.54, 1.807) is 72.8 Å². The van der Waals surface area contributed by atoms with Crippen molar-refractivity contribution in [2.75, 3.05) is 106 Å². The Hall–Kier alpha value is -11.3. The van der Waals surface area contributed by atoms with E-state index in [1.165, 1.54) is 44.5 Å². The summed E-state index contributed by atoms with van der Waals surface area (Å²) in [5, 5.41) is 8.31. The lowest BCUT2D eigenvalue weighted by atomic mass is 10.0. The van der Waals surface area contributed by atoms with E-state index < -0.39 is 17.7 Å². The van der Waals surface area contributed by atoms with Crippen LogP contribution < -0.4 is 33.2 Å². The molecule has 4 saturated heterocycles. The van der Waals surface area contributed by atoms with Crippen LogP contribution in [0.2, 0.25) is 0 Å². The molecule has 6 amide bonds. The zero-order valence-electron chi connectivity index (χ0n) is 52.1. The molecule has 4 fully saturated rings. The van der Waals surface area contributed by atoms with Gasteiger partial charge in [-0.1, -0.05) is 91.0 Å². The molecule has 9 aromatic rings. The number of rotatable bonds is 13. The van der Waals surface area contributed by atoms with Crippen molar-refractivity contribution < 1.29 is 37.3 Å². The van der Waals surface area contributed by atoms with Crippen molar-refractivity contribution in [2.24, 2.45) is 0 Å². The molecule has 4 aliphatic heterocycles. The van der Waals surface area contributed by atoms with Crippen molar-refractivity contribution in [3.8, 4) is 33.8 Å². The third-order valence-electron chi connectivity index (χ3n) is 16.8. The number of amides is 6. The van der Waals surface area contributed by atoms with Crippen LogP contribution in [0.15, 0.2) is 182 Å². The van der Waals surface area contributed by atoms with Crippen LogP contribution in [0, 0.1) is 0 Å². The Morgan fingerprint density at radius 1 is 0.383 bits per heavy atom. The summed E-state index contributed by atoms with van der Waals surface area (Å²) in [4.78, 5) is 112. The lowest BCUT2D eigenvalue weighted by Crippen LogP contribution is -2.47. The van der Waals surface area contributed by atoms with Crippen LogP contribution in [0.4, 0.5) is 34.5 Å². The van der Waals surface area contributed by atoms with Crippen LogP contribution in [-0.2, 0) is 0 Å². The molecule has 23 heteroatoms. The monoisotopic (exact) mass is 1270 g/mol.